The molecular formula is C32H44FN5O3. The maximum absolute atomic E-state index is 13.4. The second-order valence-electron chi connectivity index (χ2n) is 12.5. The minimum atomic E-state index is -0.433. The normalized spacial score (nSPS) is 22.6. The molecule has 2 amide bonds. The summed E-state index contributed by atoms with van der Waals surface area (Å²) < 4.78 is 19.7. The van der Waals surface area contributed by atoms with Crippen LogP contribution in [0.25, 0.3) is 0 Å². The zero-order valence-corrected chi connectivity index (χ0v) is 25.0. The molecule has 0 bridgehead atoms. The highest BCUT2D eigenvalue weighted by Gasteiger charge is 2.51. The summed E-state index contributed by atoms with van der Waals surface area (Å²) in [4.78, 5) is 41.3. The number of rotatable bonds is 7. The second-order valence-corrected chi connectivity index (χ2v) is 12.5. The molecular weight excluding hydrogens is 521 g/mol. The third kappa shape index (κ3) is 6.10. The van der Waals surface area contributed by atoms with Crippen molar-refractivity contribution < 1.29 is 18.7 Å². The van der Waals surface area contributed by atoms with Crippen molar-refractivity contribution in [1.82, 2.24) is 24.7 Å². The highest BCUT2D eigenvalue weighted by Crippen LogP contribution is 2.43. The number of halogens is 1. The predicted octanol–water partition coefficient (Wildman–Crippen LogP) is 5.52. The van der Waals surface area contributed by atoms with Gasteiger partial charge in [-0.3, -0.25) is 9.69 Å². The lowest BCUT2D eigenvalue weighted by Crippen LogP contribution is -2.63. The first-order valence-electron chi connectivity index (χ1n) is 15.2. The summed E-state index contributed by atoms with van der Waals surface area (Å²) in [5.41, 5.74) is 2.56. The van der Waals surface area contributed by atoms with Crippen LogP contribution in [0.5, 0.6) is 0 Å². The van der Waals surface area contributed by atoms with Gasteiger partial charge >= 0.3 is 6.09 Å². The highest BCUT2D eigenvalue weighted by atomic mass is 19.1. The first-order valence-corrected chi connectivity index (χ1v) is 15.2. The van der Waals surface area contributed by atoms with Crippen molar-refractivity contribution in [2.24, 2.45) is 5.92 Å². The van der Waals surface area contributed by atoms with Crippen LogP contribution in [-0.2, 0) is 11.3 Å². The monoisotopic (exact) mass is 565 g/mol. The van der Waals surface area contributed by atoms with E-state index in [1.807, 2.05) is 18.7 Å². The van der Waals surface area contributed by atoms with E-state index >= 15 is 0 Å². The maximum atomic E-state index is 13.4. The van der Waals surface area contributed by atoms with Crippen LogP contribution in [-0.4, -0.2) is 80.5 Å². The number of likely N-dealkylation sites (tertiary alicyclic amines) is 2. The van der Waals surface area contributed by atoms with Gasteiger partial charge in [0.05, 0.1) is 17.0 Å². The SMILES string of the molecule is CCCCC1CN(Cc2ccc(F)cc2)C(=O)OC12CCN(C1(C)CCN(C(=O)c3c(C)ncnc3C)CC1)CC2. The number of carbonyl (C=O) groups excluding carboxylic acids is 2. The van der Waals surface area contributed by atoms with Crippen molar-refractivity contribution >= 4 is 12.0 Å². The molecule has 0 radical (unpaired) electrons. The molecule has 4 heterocycles. The number of unbranched alkanes of at least 4 members (excludes halogenated alkanes) is 1. The van der Waals surface area contributed by atoms with E-state index < -0.39 is 5.60 Å². The van der Waals surface area contributed by atoms with Gasteiger partial charge in [0.25, 0.3) is 5.91 Å². The van der Waals surface area contributed by atoms with Gasteiger partial charge in [0.2, 0.25) is 0 Å². The van der Waals surface area contributed by atoms with Crippen LogP contribution in [0.4, 0.5) is 9.18 Å². The number of aromatic nitrogens is 2. The van der Waals surface area contributed by atoms with Gasteiger partial charge in [-0.15, -0.1) is 0 Å². The summed E-state index contributed by atoms with van der Waals surface area (Å²) in [6, 6.07) is 6.36. The Bertz CT molecular complexity index is 1220. The molecule has 1 spiro atoms. The van der Waals surface area contributed by atoms with E-state index in [0.717, 1.165) is 75.0 Å². The van der Waals surface area contributed by atoms with Crippen LogP contribution in [0, 0.1) is 25.6 Å². The fourth-order valence-electron chi connectivity index (χ4n) is 7.08. The van der Waals surface area contributed by atoms with Gasteiger partial charge in [0.1, 0.15) is 17.7 Å². The van der Waals surface area contributed by atoms with E-state index in [9.17, 15) is 14.0 Å². The minimum Gasteiger partial charge on any atom is -0.442 e. The number of nitrogens with zero attached hydrogens (tertiary/aromatic N) is 5. The molecule has 8 nitrogen and oxygen atoms in total. The molecule has 222 valence electrons. The van der Waals surface area contributed by atoms with E-state index in [1.165, 1.54) is 18.5 Å². The number of benzene rings is 1. The lowest BCUT2D eigenvalue weighted by atomic mass is 9.74. The summed E-state index contributed by atoms with van der Waals surface area (Å²) in [6.07, 6.45) is 7.95. The van der Waals surface area contributed by atoms with Crippen molar-refractivity contribution in [3.63, 3.8) is 0 Å². The number of aryl methyl sites for hydroxylation is 2. The molecule has 3 fully saturated rings. The standard InChI is InChI=1S/C32H44FN5O3/c1-5-6-7-26-21-37(20-25-8-10-27(33)11-9-25)30(40)41-32(26)14-18-38(19-15-32)31(4)12-16-36(17-13-31)29(39)28-23(2)34-22-35-24(28)3/h8-11,22,26H,5-7,12-21H2,1-4H3. The zero-order chi connectivity index (χ0) is 29.2. The first kappa shape index (κ1) is 29.4. The Morgan fingerprint density at radius 1 is 1.02 bits per heavy atom. The molecule has 1 unspecified atom stereocenters. The van der Waals surface area contributed by atoms with E-state index in [0.29, 0.717) is 31.7 Å². The third-order valence-corrected chi connectivity index (χ3v) is 9.87. The van der Waals surface area contributed by atoms with Crippen LogP contribution in [0.3, 0.4) is 0 Å². The molecule has 5 rings (SSSR count). The molecule has 0 aliphatic carbocycles. The summed E-state index contributed by atoms with van der Waals surface area (Å²) in [6.45, 7) is 12.5. The van der Waals surface area contributed by atoms with Gasteiger partial charge in [0, 0.05) is 63.6 Å². The van der Waals surface area contributed by atoms with Gasteiger partial charge in [-0.1, -0.05) is 31.9 Å². The molecule has 2 aromatic rings. The molecule has 0 N–H and O–H groups in total. The minimum absolute atomic E-state index is 0.00186. The van der Waals surface area contributed by atoms with Crippen LogP contribution >= 0.6 is 0 Å². The van der Waals surface area contributed by atoms with Crippen LogP contribution in [0.15, 0.2) is 30.6 Å². The van der Waals surface area contributed by atoms with Gasteiger partial charge < -0.3 is 14.5 Å². The molecule has 3 aliphatic rings. The number of piperidine rings is 2. The molecule has 1 atom stereocenters. The van der Waals surface area contributed by atoms with E-state index in [2.05, 4.69) is 28.7 Å². The topological polar surface area (TPSA) is 78.9 Å². The Balaban J connectivity index is 1.21. The maximum Gasteiger partial charge on any atom is 0.410 e. The van der Waals surface area contributed by atoms with Crippen LogP contribution < -0.4 is 0 Å². The average molecular weight is 566 g/mol. The molecule has 1 aromatic carbocycles. The van der Waals surface area contributed by atoms with Gasteiger partial charge in [-0.25, -0.2) is 19.2 Å². The van der Waals surface area contributed by atoms with Gasteiger partial charge in [-0.2, -0.15) is 0 Å². The number of amides is 2. The van der Waals surface area contributed by atoms with Crippen molar-refractivity contribution in [2.45, 2.75) is 90.3 Å². The number of hydrogen-bond acceptors (Lipinski definition) is 6. The Morgan fingerprint density at radius 3 is 2.27 bits per heavy atom. The fraction of sp³-hybridized carbons (Fsp3) is 0.625. The molecule has 0 saturated carbocycles. The van der Waals surface area contributed by atoms with E-state index in [1.54, 1.807) is 17.0 Å². The molecule has 41 heavy (non-hydrogen) atoms. The quantitative estimate of drug-likeness (QED) is 0.440. The smallest absolute Gasteiger partial charge is 0.410 e. The average Bonchev–Trinajstić information content (AvgIpc) is 2.95. The third-order valence-electron chi connectivity index (χ3n) is 9.87. The second kappa shape index (κ2) is 12.0. The van der Waals surface area contributed by atoms with Crippen LogP contribution in [0.2, 0.25) is 0 Å². The Labute approximate surface area is 243 Å². The predicted molar refractivity (Wildman–Crippen MR) is 155 cm³/mol. The summed E-state index contributed by atoms with van der Waals surface area (Å²) in [5.74, 6) is 0.0244. The Hall–Kier alpha value is -3.07. The first-order chi connectivity index (χ1) is 19.6. The largest absolute Gasteiger partial charge is 0.442 e. The van der Waals surface area contributed by atoms with E-state index in [4.69, 9.17) is 4.74 Å². The van der Waals surface area contributed by atoms with Gasteiger partial charge in [0.15, 0.2) is 0 Å². The molecule has 3 saturated heterocycles. The Kier molecular flexibility index (Phi) is 8.64. The Morgan fingerprint density at radius 2 is 1.66 bits per heavy atom. The number of hydrogen-bond donors (Lipinski definition) is 0. The van der Waals surface area contributed by atoms with Crippen molar-refractivity contribution in [3.8, 4) is 0 Å². The van der Waals surface area contributed by atoms with E-state index in [-0.39, 0.29) is 29.3 Å². The molecule has 9 heteroatoms. The lowest BCUT2D eigenvalue weighted by molar-refractivity contribution is -0.134. The highest BCUT2D eigenvalue weighted by molar-refractivity contribution is 5.96. The fourth-order valence-corrected chi connectivity index (χ4v) is 7.08. The van der Waals surface area contributed by atoms with Crippen molar-refractivity contribution in [3.05, 3.63) is 58.9 Å². The van der Waals surface area contributed by atoms with Crippen molar-refractivity contribution in [2.75, 3.05) is 32.7 Å². The molecule has 3 aliphatic heterocycles. The van der Waals surface area contributed by atoms with Crippen molar-refractivity contribution in [1.29, 1.82) is 0 Å². The summed E-state index contributed by atoms with van der Waals surface area (Å²) >= 11 is 0. The lowest BCUT2D eigenvalue weighted by Gasteiger charge is -2.55. The summed E-state index contributed by atoms with van der Waals surface area (Å²) in [7, 11) is 0. The van der Waals surface area contributed by atoms with Gasteiger partial charge in [-0.05, 0) is 57.7 Å². The number of ether oxygens (including phenoxy) is 1. The summed E-state index contributed by atoms with van der Waals surface area (Å²) in [5, 5.41) is 0. The zero-order valence-electron chi connectivity index (χ0n) is 25.0. The number of carbonyl (C=O) groups is 2. The molecule has 1 aromatic heterocycles. The van der Waals surface area contributed by atoms with Crippen LogP contribution in [0.1, 0.15) is 86.1 Å².